The van der Waals surface area contributed by atoms with Gasteiger partial charge in [0.1, 0.15) is 5.69 Å². The Balaban J connectivity index is 1.37. The minimum absolute atomic E-state index is 0.0144. The third-order valence-electron chi connectivity index (χ3n) is 6.12. The van der Waals surface area contributed by atoms with E-state index in [1.807, 2.05) is 30.3 Å². The molecule has 9 nitrogen and oxygen atoms in total. The van der Waals surface area contributed by atoms with Crippen molar-refractivity contribution in [1.82, 2.24) is 30.1 Å². The largest absolute Gasteiger partial charge is 0.472 e. The van der Waals surface area contributed by atoms with E-state index in [2.05, 4.69) is 42.4 Å². The Bertz CT molecular complexity index is 1680. The van der Waals surface area contributed by atoms with Gasteiger partial charge in [-0.1, -0.05) is 13.3 Å². The van der Waals surface area contributed by atoms with E-state index in [9.17, 15) is 4.79 Å². The number of aromatic amines is 2. The summed E-state index contributed by atoms with van der Waals surface area (Å²) in [6.45, 7) is 2.06. The fraction of sp³-hybridized carbons (Fsp3) is 0.148. The summed E-state index contributed by atoms with van der Waals surface area (Å²) in [5.41, 5.74) is 7.36. The van der Waals surface area contributed by atoms with Crippen LogP contribution in [0.1, 0.15) is 26.2 Å². The Morgan fingerprint density at radius 2 is 1.92 bits per heavy atom. The molecule has 0 spiro atoms. The molecule has 6 aromatic heterocycles. The molecular formula is C27H23N7O2. The average molecular weight is 478 g/mol. The predicted octanol–water partition coefficient (Wildman–Crippen LogP) is 5.95. The van der Waals surface area contributed by atoms with Crippen LogP contribution >= 0.6 is 0 Å². The van der Waals surface area contributed by atoms with Crippen LogP contribution in [-0.4, -0.2) is 36.0 Å². The number of unbranched alkanes of at least 4 members (excludes halogenated alkanes) is 1. The monoisotopic (exact) mass is 477 g/mol. The van der Waals surface area contributed by atoms with Crippen molar-refractivity contribution in [3.63, 3.8) is 0 Å². The number of hydrogen-bond donors (Lipinski definition) is 3. The molecule has 6 rings (SSSR count). The first-order valence-electron chi connectivity index (χ1n) is 11.8. The van der Waals surface area contributed by atoms with Crippen LogP contribution in [0.25, 0.3) is 55.7 Å². The summed E-state index contributed by atoms with van der Waals surface area (Å²) in [7, 11) is 0. The second-order valence-electron chi connectivity index (χ2n) is 8.62. The van der Waals surface area contributed by atoms with Gasteiger partial charge >= 0.3 is 0 Å². The molecule has 3 N–H and O–H groups in total. The second-order valence-corrected chi connectivity index (χ2v) is 8.62. The van der Waals surface area contributed by atoms with Gasteiger partial charge in [0.25, 0.3) is 0 Å². The number of nitrogens with one attached hydrogen (secondary N) is 3. The molecule has 9 heteroatoms. The number of nitrogens with zero attached hydrogens (tertiary/aromatic N) is 4. The molecule has 0 saturated carbocycles. The van der Waals surface area contributed by atoms with Crippen molar-refractivity contribution in [2.24, 2.45) is 0 Å². The van der Waals surface area contributed by atoms with Crippen molar-refractivity contribution in [2.45, 2.75) is 26.2 Å². The number of aromatic nitrogens is 6. The molecule has 0 unspecified atom stereocenters. The van der Waals surface area contributed by atoms with Crippen molar-refractivity contribution in [2.75, 3.05) is 5.32 Å². The smallest absolute Gasteiger partial charge is 0.224 e. The molecule has 0 radical (unpaired) electrons. The summed E-state index contributed by atoms with van der Waals surface area (Å²) in [4.78, 5) is 29.1. The number of fused-ring (bicyclic) bond motifs is 2. The van der Waals surface area contributed by atoms with Crippen LogP contribution in [0, 0.1) is 0 Å². The topological polar surface area (TPSA) is 125 Å². The van der Waals surface area contributed by atoms with Crippen molar-refractivity contribution in [3.05, 3.63) is 67.6 Å². The minimum atomic E-state index is -0.0144. The molecule has 0 aromatic carbocycles. The van der Waals surface area contributed by atoms with Gasteiger partial charge in [-0.15, -0.1) is 0 Å². The van der Waals surface area contributed by atoms with E-state index in [-0.39, 0.29) is 5.91 Å². The standard InChI is InChI=1S/C27H23N7O2/c1-2-3-4-25(35)31-18-9-17(12-28-13-18)22-10-20-24(14-30-22)33-34-27(20)23-11-19-21(32-23)5-7-29-26(19)16-6-8-36-15-16/h5-15,32H,2-4H2,1H3,(H,31,35)(H,33,34). The van der Waals surface area contributed by atoms with E-state index < -0.39 is 0 Å². The fourth-order valence-electron chi connectivity index (χ4n) is 4.30. The van der Waals surface area contributed by atoms with E-state index in [0.29, 0.717) is 12.1 Å². The zero-order valence-electron chi connectivity index (χ0n) is 19.6. The average Bonchev–Trinajstić information content (AvgIpc) is 3.66. The summed E-state index contributed by atoms with van der Waals surface area (Å²) in [6, 6.07) is 9.75. The van der Waals surface area contributed by atoms with Gasteiger partial charge in [-0.2, -0.15) is 5.10 Å². The highest BCUT2D eigenvalue weighted by Crippen LogP contribution is 2.34. The van der Waals surface area contributed by atoms with E-state index in [1.165, 1.54) is 0 Å². The normalized spacial score (nSPS) is 11.4. The fourth-order valence-corrected chi connectivity index (χ4v) is 4.30. The molecule has 6 heterocycles. The SMILES string of the molecule is CCCCC(=O)Nc1cncc(-c2cc3c(-c4cc5c(-c6ccoc6)nccc5[nH]4)n[nH]c3cn2)c1. The molecule has 0 fully saturated rings. The van der Waals surface area contributed by atoms with Crippen molar-refractivity contribution in [1.29, 1.82) is 0 Å². The number of pyridine rings is 3. The van der Waals surface area contributed by atoms with Crippen LogP contribution in [0.2, 0.25) is 0 Å². The van der Waals surface area contributed by atoms with Gasteiger partial charge in [0.2, 0.25) is 5.91 Å². The molecule has 178 valence electrons. The molecule has 0 saturated heterocycles. The van der Waals surface area contributed by atoms with Gasteiger partial charge in [-0.05, 0) is 36.8 Å². The number of H-pyrrole nitrogens is 2. The summed E-state index contributed by atoms with van der Waals surface area (Å²) in [5.74, 6) is -0.0144. The highest BCUT2D eigenvalue weighted by Gasteiger charge is 2.16. The van der Waals surface area contributed by atoms with Crippen LogP contribution in [-0.2, 0) is 4.79 Å². The van der Waals surface area contributed by atoms with Gasteiger partial charge in [0, 0.05) is 46.2 Å². The quantitative estimate of drug-likeness (QED) is 0.261. The summed E-state index contributed by atoms with van der Waals surface area (Å²) < 4.78 is 5.25. The van der Waals surface area contributed by atoms with Crippen LogP contribution in [0.4, 0.5) is 5.69 Å². The Morgan fingerprint density at radius 1 is 1.00 bits per heavy atom. The van der Waals surface area contributed by atoms with Gasteiger partial charge in [0.05, 0.1) is 53.2 Å². The predicted molar refractivity (Wildman–Crippen MR) is 138 cm³/mol. The van der Waals surface area contributed by atoms with Crippen LogP contribution in [0.5, 0.6) is 0 Å². The lowest BCUT2D eigenvalue weighted by molar-refractivity contribution is -0.116. The van der Waals surface area contributed by atoms with Crippen LogP contribution in [0.15, 0.2) is 72.1 Å². The zero-order valence-corrected chi connectivity index (χ0v) is 19.6. The lowest BCUT2D eigenvalue weighted by Gasteiger charge is -2.07. The van der Waals surface area contributed by atoms with Gasteiger partial charge in [-0.3, -0.25) is 24.8 Å². The molecule has 36 heavy (non-hydrogen) atoms. The molecule has 0 aliphatic carbocycles. The molecule has 6 aromatic rings. The Morgan fingerprint density at radius 3 is 2.78 bits per heavy atom. The second kappa shape index (κ2) is 9.10. The van der Waals surface area contributed by atoms with E-state index in [4.69, 9.17) is 4.42 Å². The summed E-state index contributed by atoms with van der Waals surface area (Å²) in [6.07, 6.45) is 12.6. The molecule has 1 amide bonds. The van der Waals surface area contributed by atoms with Gasteiger partial charge in [0.15, 0.2) is 0 Å². The lowest BCUT2D eigenvalue weighted by Crippen LogP contribution is -2.11. The van der Waals surface area contributed by atoms with Crippen molar-refractivity contribution in [3.8, 4) is 33.9 Å². The maximum Gasteiger partial charge on any atom is 0.224 e. The Kier molecular flexibility index (Phi) is 5.49. The van der Waals surface area contributed by atoms with Crippen molar-refractivity contribution >= 4 is 33.4 Å². The number of hydrogen-bond acceptors (Lipinski definition) is 6. The van der Waals surface area contributed by atoms with E-state index in [0.717, 1.165) is 68.6 Å². The molecule has 0 bridgehead atoms. The zero-order chi connectivity index (χ0) is 24.5. The highest BCUT2D eigenvalue weighted by atomic mass is 16.3. The van der Waals surface area contributed by atoms with E-state index in [1.54, 1.807) is 37.3 Å². The third kappa shape index (κ3) is 4.00. The van der Waals surface area contributed by atoms with Crippen molar-refractivity contribution < 1.29 is 9.21 Å². The maximum absolute atomic E-state index is 12.2. The first-order chi connectivity index (χ1) is 17.7. The number of amides is 1. The van der Waals surface area contributed by atoms with E-state index >= 15 is 0 Å². The minimum Gasteiger partial charge on any atom is -0.472 e. The maximum atomic E-state index is 12.2. The Hall–Kier alpha value is -4.79. The number of carbonyl (C=O) groups excluding carboxylic acids is 1. The summed E-state index contributed by atoms with van der Waals surface area (Å²) in [5, 5.41) is 12.5. The number of anilines is 1. The molecule has 0 aliphatic rings. The number of furan rings is 1. The van der Waals surface area contributed by atoms with Crippen LogP contribution in [0.3, 0.4) is 0 Å². The van der Waals surface area contributed by atoms with Gasteiger partial charge in [-0.25, -0.2) is 0 Å². The molecular weight excluding hydrogens is 454 g/mol. The number of carbonyl (C=O) groups is 1. The van der Waals surface area contributed by atoms with Crippen LogP contribution < -0.4 is 5.32 Å². The summed E-state index contributed by atoms with van der Waals surface area (Å²) >= 11 is 0. The molecule has 0 aliphatic heterocycles. The third-order valence-corrected chi connectivity index (χ3v) is 6.12. The number of rotatable bonds is 7. The first-order valence-corrected chi connectivity index (χ1v) is 11.8. The Labute approximate surface area is 206 Å². The highest BCUT2D eigenvalue weighted by molar-refractivity contribution is 6.00. The molecule has 0 atom stereocenters. The first kappa shape index (κ1) is 21.7. The lowest BCUT2D eigenvalue weighted by atomic mass is 10.1. The van der Waals surface area contributed by atoms with Gasteiger partial charge < -0.3 is 14.7 Å².